The lowest BCUT2D eigenvalue weighted by atomic mass is 9.89. The average Bonchev–Trinajstić information content (AvgIpc) is 3.46. The largest absolute Gasteiger partial charge is 0.466 e. The van der Waals surface area contributed by atoms with Gasteiger partial charge in [-0.2, -0.15) is 0 Å². The Labute approximate surface area is 205 Å². The van der Waals surface area contributed by atoms with Crippen LogP contribution < -0.4 is 0 Å². The van der Waals surface area contributed by atoms with Crippen LogP contribution in [-0.2, 0) is 26.0 Å². The van der Waals surface area contributed by atoms with Crippen LogP contribution in [0.15, 0.2) is 47.6 Å². The number of hydrogen-bond acceptors (Lipinski definition) is 6. The van der Waals surface area contributed by atoms with Crippen molar-refractivity contribution >= 4 is 32.7 Å². The Morgan fingerprint density at radius 3 is 2.54 bits per heavy atom. The summed E-state index contributed by atoms with van der Waals surface area (Å²) in [7, 11) is -3.81. The minimum atomic E-state index is -3.81. The van der Waals surface area contributed by atoms with E-state index in [-0.39, 0.29) is 23.2 Å². The van der Waals surface area contributed by atoms with Gasteiger partial charge in [-0.25, -0.2) is 22.4 Å². The molecule has 1 aromatic carbocycles. The van der Waals surface area contributed by atoms with E-state index < -0.39 is 10.0 Å². The van der Waals surface area contributed by atoms with Gasteiger partial charge in [0.1, 0.15) is 5.82 Å². The lowest BCUT2D eigenvalue weighted by Gasteiger charge is -2.20. The molecule has 1 aliphatic rings. The number of imidazole rings is 1. The summed E-state index contributed by atoms with van der Waals surface area (Å²) in [6.45, 7) is 4.06. The molecular weight excluding hydrogens is 464 g/mol. The molecule has 35 heavy (non-hydrogen) atoms. The second-order valence-corrected chi connectivity index (χ2v) is 11.0. The van der Waals surface area contributed by atoms with Crippen molar-refractivity contribution in [2.24, 2.45) is 0 Å². The van der Waals surface area contributed by atoms with Gasteiger partial charge in [-0.15, -0.1) is 0 Å². The number of nitrogens with zero attached hydrogens (tertiary/aromatic N) is 4. The number of hydrogen-bond donors (Lipinski definition) is 0. The third-order valence-electron chi connectivity index (χ3n) is 6.79. The molecule has 8 nitrogen and oxygen atoms in total. The average molecular weight is 495 g/mol. The summed E-state index contributed by atoms with van der Waals surface area (Å²) in [4.78, 5) is 21.8. The Balaban J connectivity index is 1.64. The van der Waals surface area contributed by atoms with Crippen molar-refractivity contribution in [2.45, 2.75) is 69.6 Å². The molecule has 0 aliphatic heterocycles. The number of esters is 1. The van der Waals surface area contributed by atoms with Crippen molar-refractivity contribution in [2.75, 3.05) is 6.61 Å². The van der Waals surface area contributed by atoms with Crippen LogP contribution in [0.1, 0.15) is 68.4 Å². The normalized spacial score (nSPS) is 15.1. The molecule has 0 amide bonds. The van der Waals surface area contributed by atoms with Gasteiger partial charge in [0, 0.05) is 18.5 Å². The third-order valence-corrected chi connectivity index (χ3v) is 8.47. The summed E-state index contributed by atoms with van der Waals surface area (Å²) >= 11 is 0. The van der Waals surface area contributed by atoms with Crippen LogP contribution in [-0.4, -0.2) is 39.3 Å². The maximum absolute atomic E-state index is 13.4. The van der Waals surface area contributed by atoms with Gasteiger partial charge in [0.25, 0.3) is 10.0 Å². The maximum atomic E-state index is 13.4. The molecular formula is C26H30N4O4S. The molecule has 0 bridgehead atoms. The van der Waals surface area contributed by atoms with E-state index in [4.69, 9.17) is 9.72 Å². The van der Waals surface area contributed by atoms with Crippen LogP contribution in [0.25, 0.3) is 16.7 Å². The summed E-state index contributed by atoms with van der Waals surface area (Å²) in [5.74, 6) is 0.962. The van der Waals surface area contributed by atoms with E-state index in [9.17, 15) is 13.2 Å². The van der Waals surface area contributed by atoms with Crippen molar-refractivity contribution in [1.82, 2.24) is 18.3 Å². The molecule has 5 rings (SSSR count). The van der Waals surface area contributed by atoms with Crippen molar-refractivity contribution in [3.05, 3.63) is 59.8 Å². The Morgan fingerprint density at radius 2 is 1.83 bits per heavy atom. The molecule has 0 spiro atoms. The fraction of sp³-hybridized carbons (Fsp3) is 0.423. The highest BCUT2D eigenvalue weighted by molar-refractivity contribution is 7.90. The van der Waals surface area contributed by atoms with E-state index in [2.05, 4.69) is 9.38 Å². The summed E-state index contributed by atoms with van der Waals surface area (Å²) in [6.07, 6.45) is 9.54. The van der Waals surface area contributed by atoms with Gasteiger partial charge in [-0.05, 0) is 44.9 Å². The van der Waals surface area contributed by atoms with E-state index in [0.29, 0.717) is 24.2 Å². The van der Waals surface area contributed by atoms with Gasteiger partial charge in [0.15, 0.2) is 5.65 Å². The summed E-state index contributed by atoms with van der Waals surface area (Å²) < 4.78 is 35.3. The first kappa shape index (κ1) is 23.5. The molecule has 0 atom stereocenters. The van der Waals surface area contributed by atoms with Gasteiger partial charge < -0.3 is 4.74 Å². The highest BCUT2D eigenvalue weighted by Gasteiger charge is 2.26. The molecule has 1 fully saturated rings. The van der Waals surface area contributed by atoms with Gasteiger partial charge >= 0.3 is 5.97 Å². The topological polar surface area (TPSA) is 95.6 Å². The fourth-order valence-electron chi connectivity index (χ4n) is 4.99. The zero-order valence-corrected chi connectivity index (χ0v) is 20.9. The van der Waals surface area contributed by atoms with E-state index in [0.717, 1.165) is 48.3 Å². The zero-order chi connectivity index (χ0) is 24.6. The maximum Gasteiger partial charge on any atom is 0.306 e. The molecule has 184 valence electrons. The number of ether oxygens (including phenoxy) is 1. The number of aromatic nitrogens is 4. The molecule has 9 heteroatoms. The van der Waals surface area contributed by atoms with Crippen LogP contribution in [0.4, 0.5) is 0 Å². The van der Waals surface area contributed by atoms with Gasteiger partial charge in [-0.1, -0.05) is 37.0 Å². The second-order valence-electron chi connectivity index (χ2n) is 9.17. The monoisotopic (exact) mass is 494 g/mol. The fourth-order valence-corrected chi connectivity index (χ4v) is 6.29. The van der Waals surface area contributed by atoms with Crippen molar-refractivity contribution in [3.8, 4) is 0 Å². The number of aryl methyl sites for hydroxylation is 2. The lowest BCUT2D eigenvalue weighted by molar-refractivity contribution is -0.143. The Kier molecular flexibility index (Phi) is 6.35. The number of carbonyl (C=O) groups is 1. The number of benzene rings is 1. The SMILES string of the molecule is CCOC(=O)CCc1nc(C2CCCCC2)n2c1cnc1c2ccn1S(=O)(=O)c1ccc(C)cc1. The summed E-state index contributed by atoms with van der Waals surface area (Å²) in [5, 5.41) is 0. The number of fused-ring (bicyclic) bond motifs is 3. The van der Waals surface area contributed by atoms with Gasteiger partial charge in [0.05, 0.1) is 40.8 Å². The summed E-state index contributed by atoms with van der Waals surface area (Å²) in [5.41, 5.74) is 3.67. The van der Waals surface area contributed by atoms with Crippen molar-refractivity contribution in [3.63, 3.8) is 0 Å². The Morgan fingerprint density at radius 1 is 1.09 bits per heavy atom. The van der Waals surface area contributed by atoms with Crippen molar-refractivity contribution in [1.29, 1.82) is 0 Å². The molecule has 4 aromatic rings. The van der Waals surface area contributed by atoms with Crippen LogP contribution in [0, 0.1) is 6.92 Å². The molecule has 0 saturated heterocycles. The van der Waals surface area contributed by atoms with Crippen molar-refractivity contribution < 1.29 is 17.9 Å². The van der Waals surface area contributed by atoms with Crippen LogP contribution in [0.5, 0.6) is 0 Å². The third kappa shape index (κ3) is 4.33. The van der Waals surface area contributed by atoms with Crippen LogP contribution in [0.2, 0.25) is 0 Å². The minimum Gasteiger partial charge on any atom is -0.466 e. The summed E-state index contributed by atoms with van der Waals surface area (Å²) in [6, 6.07) is 8.61. The van der Waals surface area contributed by atoms with E-state index in [1.54, 1.807) is 49.6 Å². The van der Waals surface area contributed by atoms with Gasteiger partial charge in [0.2, 0.25) is 0 Å². The van der Waals surface area contributed by atoms with Crippen LogP contribution in [0.3, 0.4) is 0 Å². The zero-order valence-electron chi connectivity index (χ0n) is 20.1. The lowest BCUT2D eigenvalue weighted by Crippen LogP contribution is -2.13. The Hall–Kier alpha value is -3.20. The first-order chi connectivity index (χ1) is 16.9. The van der Waals surface area contributed by atoms with Gasteiger partial charge in [-0.3, -0.25) is 9.20 Å². The number of carbonyl (C=O) groups excluding carboxylic acids is 1. The smallest absolute Gasteiger partial charge is 0.306 e. The predicted molar refractivity (Wildman–Crippen MR) is 133 cm³/mol. The molecule has 0 radical (unpaired) electrons. The van der Waals surface area contributed by atoms with E-state index >= 15 is 0 Å². The highest BCUT2D eigenvalue weighted by Crippen LogP contribution is 2.35. The predicted octanol–water partition coefficient (Wildman–Crippen LogP) is 4.77. The highest BCUT2D eigenvalue weighted by atomic mass is 32.2. The van der Waals surface area contributed by atoms with E-state index in [1.165, 1.54) is 10.4 Å². The first-order valence-electron chi connectivity index (χ1n) is 12.3. The molecule has 3 heterocycles. The first-order valence-corrected chi connectivity index (χ1v) is 13.7. The quantitative estimate of drug-likeness (QED) is 0.343. The second kappa shape index (κ2) is 9.45. The number of rotatable bonds is 7. The molecule has 0 unspecified atom stereocenters. The van der Waals surface area contributed by atoms with Crippen LogP contribution >= 0.6 is 0 Å². The minimum absolute atomic E-state index is 0.218. The van der Waals surface area contributed by atoms with E-state index in [1.807, 2.05) is 6.92 Å². The molecule has 3 aromatic heterocycles. The standard InChI is InChI=1S/C26H30N4O4S/c1-3-34-24(31)14-13-21-23-17-27-26-22(30(23)25(28-21)19-7-5-4-6-8-19)15-16-29(26)35(32,33)20-11-9-18(2)10-12-20/h9-12,15-17,19H,3-8,13-14H2,1-2H3. The molecule has 1 saturated carbocycles. The molecule has 1 aliphatic carbocycles. The Bertz CT molecular complexity index is 1480. The molecule has 0 N–H and O–H groups in total.